The van der Waals surface area contributed by atoms with Crippen molar-refractivity contribution in [3.8, 4) is 0 Å². The summed E-state index contributed by atoms with van der Waals surface area (Å²) in [6, 6.07) is 7.54. The summed E-state index contributed by atoms with van der Waals surface area (Å²) in [4.78, 5) is 32.8. The van der Waals surface area contributed by atoms with E-state index in [1.54, 1.807) is 16.5 Å². The van der Waals surface area contributed by atoms with Gasteiger partial charge in [-0.25, -0.2) is 0 Å². The minimum absolute atomic E-state index is 0.170. The molecule has 8 nitrogen and oxygen atoms in total. The topological polar surface area (TPSA) is 73.2 Å². The van der Waals surface area contributed by atoms with Crippen LogP contribution < -0.4 is 25.2 Å². The number of fused-ring (bicyclic) bond motifs is 4. The molecule has 4 heterocycles. The lowest BCUT2D eigenvalue weighted by Crippen LogP contribution is -2.53. The molecule has 0 saturated carbocycles. The summed E-state index contributed by atoms with van der Waals surface area (Å²) in [6.07, 6.45) is -0.498. The summed E-state index contributed by atoms with van der Waals surface area (Å²) in [6.45, 7) is 5.44. The lowest BCUT2D eigenvalue weighted by atomic mass is 10.1. The van der Waals surface area contributed by atoms with Crippen LogP contribution in [0, 0.1) is 0 Å². The van der Waals surface area contributed by atoms with Gasteiger partial charge >= 0.3 is 0 Å². The number of amides is 1. The summed E-state index contributed by atoms with van der Waals surface area (Å²) < 4.78 is 2.11. The van der Waals surface area contributed by atoms with Crippen molar-refractivity contribution in [2.45, 2.75) is 26.2 Å². The highest BCUT2D eigenvalue weighted by Crippen LogP contribution is 2.34. The Kier molecular flexibility index (Phi) is 4.04. The molecule has 3 aliphatic rings. The molecule has 3 aliphatic heterocycles. The maximum Gasteiger partial charge on any atom is 0.273 e. The van der Waals surface area contributed by atoms with Gasteiger partial charge in [0.2, 0.25) is 4.80 Å². The average Bonchev–Trinajstić information content (AvgIpc) is 3.29. The van der Waals surface area contributed by atoms with Crippen molar-refractivity contribution in [3.05, 3.63) is 49.5 Å². The SMILES string of the molecule is CCN1C(=S)N(CC)C2C1NN=c1s/c(=C3\C(=O)N(C)c4ccccc43)c(=O)n12. The third-order valence-electron chi connectivity index (χ3n) is 5.76. The highest BCUT2D eigenvalue weighted by atomic mass is 32.1. The number of hydrogen-bond donors (Lipinski definition) is 1. The number of aromatic nitrogens is 1. The number of thiazole rings is 1. The van der Waals surface area contributed by atoms with Crippen molar-refractivity contribution < 1.29 is 4.79 Å². The number of benzene rings is 1. The maximum absolute atomic E-state index is 13.6. The van der Waals surface area contributed by atoms with Gasteiger partial charge in [0.25, 0.3) is 11.5 Å². The van der Waals surface area contributed by atoms with Gasteiger partial charge < -0.3 is 14.7 Å². The number of nitrogens with one attached hydrogen (secondary N) is 1. The third kappa shape index (κ3) is 2.29. The second-order valence-electron chi connectivity index (χ2n) is 7.10. The predicted molar refractivity (Wildman–Crippen MR) is 115 cm³/mol. The van der Waals surface area contributed by atoms with E-state index in [4.69, 9.17) is 12.2 Å². The number of carbonyl (C=O) groups excluding carboxylic acids is 1. The molecule has 1 aromatic carbocycles. The van der Waals surface area contributed by atoms with Crippen LogP contribution in [0.3, 0.4) is 0 Å². The first-order chi connectivity index (χ1) is 14.0. The zero-order chi connectivity index (χ0) is 20.4. The Balaban J connectivity index is 1.78. The fraction of sp³-hybridized carbons (Fsp3) is 0.368. The Bertz CT molecular complexity index is 1230. The standard InChI is InChI=1S/C19H20N6O2S2/c1-4-23-14-15(24(5-2)19(23)28)25-17(27)13(29-18(25)21-20-14)12-10-8-6-7-9-11(10)22(3)16(12)26/h6-9,14-15,20H,4-5H2,1-3H3/b13-12-. The van der Waals surface area contributed by atoms with Crippen LogP contribution in [-0.4, -0.2) is 51.7 Å². The van der Waals surface area contributed by atoms with Crippen LogP contribution >= 0.6 is 23.6 Å². The fourth-order valence-electron chi connectivity index (χ4n) is 4.36. The highest BCUT2D eigenvalue weighted by Gasteiger charge is 2.46. The van der Waals surface area contributed by atoms with Crippen molar-refractivity contribution in [1.82, 2.24) is 19.8 Å². The zero-order valence-corrected chi connectivity index (χ0v) is 17.9. The largest absolute Gasteiger partial charge is 0.325 e. The molecule has 0 bridgehead atoms. The minimum atomic E-state index is -0.289. The van der Waals surface area contributed by atoms with Crippen LogP contribution in [0.5, 0.6) is 0 Å². The maximum atomic E-state index is 13.6. The quantitative estimate of drug-likeness (QED) is 0.679. The summed E-state index contributed by atoms with van der Waals surface area (Å²) in [5.74, 6) is -0.170. The van der Waals surface area contributed by atoms with Crippen molar-refractivity contribution in [3.63, 3.8) is 0 Å². The molecule has 10 heteroatoms. The van der Waals surface area contributed by atoms with E-state index in [0.717, 1.165) is 11.3 Å². The van der Waals surface area contributed by atoms with E-state index in [-0.39, 0.29) is 23.8 Å². The smallest absolute Gasteiger partial charge is 0.273 e. The van der Waals surface area contributed by atoms with Gasteiger partial charge in [0.15, 0.2) is 17.4 Å². The summed E-state index contributed by atoms with van der Waals surface area (Å²) >= 11 is 6.89. The molecular formula is C19H20N6O2S2. The van der Waals surface area contributed by atoms with Gasteiger partial charge in [-0.2, -0.15) is 0 Å². The summed E-state index contributed by atoms with van der Waals surface area (Å²) in [5, 5.41) is 5.16. The second kappa shape index (κ2) is 6.39. The number of carbonyl (C=O) groups is 1. The molecule has 0 aliphatic carbocycles. The Hall–Kier alpha value is -2.72. The Morgan fingerprint density at radius 1 is 1.17 bits per heavy atom. The molecule has 1 fully saturated rings. The molecule has 1 aromatic heterocycles. The lowest BCUT2D eigenvalue weighted by Gasteiger charge is -2.30. The normalized spacial score (nSPS) is 24.3. The molecule has 0 radical (unpaired) electrons. The van der Waals surface area contributed by atoms with Crippen LogP contribution in [0.15, 0.2) is 34.2 Å². The highest BCUT2D eigenvalue weighted by molar-refractivity contribution is 7.80. The second-order valence-corrected chi connectivity index (χ2v) is 8.44. The van der Waals surface area contributed by atoms with Crippen LogP contribution in [0.25, 0.3) is 5.57 Å². The van der Waals surface area contributed by atoms with E-state index in [9.17, 15) is 9.59 Å². The van der Waals surface area contributed by atoms with Crippen LogP contribution in [-0.2, 0) is 4.79 Å². The van der Waals surface area contributed by atoms with Crippen LogP contribution in [0.1, 0.15) is 25.6 Å². The molecule has 1 amide bonds. The van der Waals surface area contributed by atoms with E-state index < -0.39 is 0 Å². The van der Waals surface area contributed by atoms with Crippen LogP contribution in [0.4, 0.5) is 5.69 Å². The molecule has 29 heavy (non-hydrogen) atoms. The number of nitrogens with zero attached hydrogens (tertiary/aromatic N) is 5. The van der Waals surface area contributed by atoms with E-state index in [1.807, 2.05) is 47.9 Å². The van der Waals surface area contributed by atoms with E-state index >= 15 is 0 Å². The van der Waals surface area contributed by atoms with Gasteiger partial charge in [-0.05, 0) is 32.1 Å². The van der Waals surface area contributed by atoms with Gasteiger partial charge in [-0.3, -0.25) is 19.6 Å². The molecule has 5 rings (SSSR count). The first-order valence-corrected chi connectivity index (χ1v) is 10.8. The number of hydrogen-bond acceptors (Lipinski definition) is 6. The van der Waals surface area contributed by atoms with Crippen molar-refractivity contribution >= 4 is 45.8 Å². The average molecular weight is 429 g/mol. The molecule has 0 spiro atoms. The van der Waals surface area contributed by atoms with E-state index in [1.165, 1.54) is 11.3 Å². The monoisotopic (exact) mass is 428 g/mol. The van der Waals surface area contributed by atoms with Gasteiger partial charge in [-0.15, -0.1) is 5.10 Å². The number of anilines is 1. The molecule has 2 atom stereocenters. The Labute approximate surface area is 176 Å². The summed E-state index contributed by atoms with van der Waals surface area (Å²) in [5.41, 5.74) is 5.02. The van der Waals surface area contributed by atoms with Crippen molar-refractivity contribution in [1.29, 1.82) is 0 Å². The Morgan fingerprint density at radius 2 is 1.90 bits per heavy atom. The van der Waals surface area contributed by atoms with E-state index in [2.05, 4.69) is 10.5 Å². The first kappa shape index (κ1) is 18.3. The zero-order valence-electron chi connectivity index (χ0n) is 16.2. The molecule has 2 unspecified atom stereocenters. The first-order valence-electron chi connectivity index (χ1n) is 9.53. The Morgan fingerprint density at radius 3 is 2.62 bits per heavy atom. The number of thiocarbonyl (C=S) groups is 1. The number of rotatable bonds is 2. The number of likely N-dealkylation sites (N-methyl/N-ethyl adjacent to an activating group) is 3. The van der Waals surface area contributed by atoms with Gasteiger partial charge in [0.1, 0.15) is 4.53 Å². The number of para-hydroxylation sites is 1. The third-order valence-corrected chi connectivity index (χ3v) is 7.28. The molecule has 150 valence electrons. The molecule has 1 N–H and O–H groups in total. The molecule has 1 saturated heterocycles. The van der Waals surface area contributed by atoms with Crippen molar-refractivity contribution in [2.75, 3.05) is 25.0 Å². The van der Waals surface area contributed by atoms with E-state index in [0.29, 0.717) is 33.1 Å². The predicted octanol–water partition coefficient (Wildman–Crippen LogP) is -0.01000. The van der Waals surface area contributed by atoms with Gasteiger partial charge in [0, 0.05) is 25.7 Å². The molecular weight excluding hydrogens is 408 g/mol. The van der Waals surface area contributed by atoms with Crippen molar-refractivity contribution in [2.24, 2.45) is 5.10 Å². The van der Waals surface area contributed by atoms with Gasteiger partial charge in [0.05, 0.1) is 11.3 Å². The van der Waals surface area contributed by atoms with Crippen LogP contribution in [0.2, 0.25) is 0 Å². The van der Waals surface area contributed by atoms with Gasteiger partial charge in [-0.1, -0.05) is 29.5 Å². The lowest BCUT2D eigenvalue weighted by molar-refractivity contribution is -0.112. The fourth-order valence-corrected chi connectivity index (χ4v) is 5.89. The minimum Gasteiger partial charge on any atom is -0.325 e. The molecule has 2 aromatic rings. The summed E-state index contributed by atoms with van der Waals surface area (Å²) in [7, 11) is 1.73.